The van der Waals surface area contributed by atoms with Gasteiger partial charge >= 0.3 is 0 Å². The maximum absolute atomic E-state index is 14.8. The van der Waals surface area contributed by atoms with E-state index in [2.05, 4.69) is 15.3 Å². The lowest BCUT2D eigenvalue weighted by Crippen LogP contribution is -2.47. The van der Waals surface area contributed by atoms with Gasteiger partial charge in [0.2, 0.25) is 11.9 Å². The van der Waals surface area contributed by atoms with Crippen LogP contribution in [-0.2, 0) is 16.1 Å². The first-order chi connectivity index (χ1) is 21.7. The van der Waals surface area contributed by atoms with Crippen LogP contribution >= 0.6 is 11.6 Å². The number of aromatic nitrogens is 2. The van der Waals surface area contributed by atoms with E-state index in [4.69, 9.17) is 33.0 Å². The van der Waals surface area contributed by atoms with Crippen LogP contribution in [0.15, 0.2) is 82.1 Å². The van der Waals surface area contributed by atoms with Crippen molar-refractivity contribution in [1.82, 2.24) is 14.9 Å². The largest absolute Gasteiger partial charge is 0.369 e. The first-order valence-electron chi connectivity index (χ1n) is 14.7. The highest BCUT2D eigenvalue weighted by Crippen LogP contribution is 2.34. The zero-order valence-corrected chi connectivity index (χ0v) is 25.4. The molecule has 2 amide bonds. The molecule has 45 heavy (non-hydrogen) atoms. The number of piperidine rings is 1. The lowest BCUT2D eigenvalue weighted by molar-refractivity contribution is -0.122. The molecule has 0 radical (unpaired) electrons. The van der Waals surface area contributed by atoms with Crippen molar-refractivity contribution in [3.8, 4) is 11.3 Å². The van der Waals surface area contributed by atoms with Crippen LogP contribution in [0, 0.1) is 17.7 Å². The van der Waals surface area contributed by atoms with Crippen LogP contribution in [0.4, 0.5) is 10.3 Å². The third-order valence-electron chi connectivity index (χ3n) is 8.31. The molecule has 230 valence electrons. The number of carbonyl (C=O) groups excluding carboxylic acids is 2. The monoisotopic (exact) mass is 626 g/mol. The summed E-state index contributed by atoms with van der Waals surface area (Å²) >= 11 is 6.38. The summed E-state index contributed by atoms with van der Waals surface area (Å²) in [5, 5.41) is 3.81. The fourth-order valence-electron chi connectivity index (χ4n) is 5.85. The van der Waals surface area contributed by atoms with Crippen LogP contribution in [0.25, 0.3) is 11.3 Å². The number of primary amides is 1. The van der Waals surface area contributed by atoms with Crippen LogP contribution in [0.3, 0.4) is 0 Å². The van der Waals surface area contributed by atoms with Crippen molar-refractivity contribution in [2.45, 2.75) is 32.7 Å². The first-order valence-corrected chi connectivity index (χ1v) is 15.1. The highest BCUT2D eigenvalue weighted by atomic mass is 35.5. The van der Waals surface area contributed by atoms with E-state index in [1.807, 2.05) is 19.1 Å². The number of rotatable bonds is 5. The highest BCUT2D eigenvalue weighted by molar-refractivity contribution is 6.31. The summed E-state index contributed by atoms with van der Waals surface area (Å²) in [5.74, 6) is -1.07. The Hall–Kier alpha value is -4.90. The Bertz CT molecular complexity index is 1820. The zero-order valence-electron chi connectivity index (χ0n) is 24.6. The molecule has 2 atom stereocenters. The lowest BCUT2D eigenvalue weighted by Gasteiger charge is -2.31. The van der Waals surface area contributed by atoms with Crippen molar-refractivity contribution >= 4 is 41.0 Å². The quantitative estimate of drug-likeness (QED) is 0.277. The van der Waals surface area contributed by atoms with E-state index in [-0.39, 0.29) is 36.1 Å². The van der Waals surface area contributed by atoms with Crippen LogP contribution in [-0.4, -0.2) is 51.4 Å². The second kappa shape index (κ2) is 12.6. The summed E-state index contributed by atoms with van der Waals surface area (Å²) in [5.41, 5.74) is 16.8. The van der Waals surface area contributed by atoms with Crippen molar-refractivity contribution < 1.29 is 14.0 Å². The van der Waals surface area contributed by atoms with Gasteiger partial charge in [0.1, 0.15) is 5.82 Å². The van der Waals surface area contributed by atoms with Gasteiger partial charge in [0.25, 0.3) is 5.91 Å². The molecule has 2 aromatic carbocycles. The smallest absolute Gasteiger partial charge is 0.276 e. The topological polar surface area (TPSA) is 152 Å². The summed E-state index contributed by atoms with van der Waals surface area (Å²) in [6.07, 6.45) is 7.15. The molecule has 2 aliphatic heterocycles. The Labute approximate surface area is 264 Å². The molecule has 6 rings (SSSR count). The lowest BCUT2D eigenvalue weighted by atomic mass is 9.92. The summed E-state index contributed by atoms with van der Waals surface area (Å²) in [6, 6.07) is 11.9. The molecule has 0 spiro atoms. The molecule has 0 bridgehead atoms. The van der Waals surface area contributed by atoms with E-state index in [1.54, 1.807) is 47.5 Å². The maximum atomic E-state index is 14.8. The fraction of sp³-hybridized carbons (Fsp3) is 0.273. The van der Waals surface area contributed by atoms with Gasteiger partial charge in [-0.05, 0) is 49.6 Å². The van der Waals surface area contributed by atoms with Crippen LogP contribution in [0.1, 0.15) is 42.9 Å². The van der Waals surface area contributed by atoms with Crippen LogP contribution in [0.5, 0.6) is 0 Å². The number of aliphatic imine (C=N–C) groups is 2. The van der Waals surface area contributed by atoms with Crippen LogP contribution < -0.4 is 16.8 Å². The number of nitrogens with two attached hydrogens (primary N) is 2. The predicted molar refractivity (Wildman–Crippen MR) is 172 cm³/mol. The van der Waals surface area contributed by atoms with Gasteiger partial charge in [-0.15, -0.1) is 0 Å². The van der Waals surface area contributed by atoms with E-state index in [9.17, 15) is 14.0 Å². The standard InChI is InChI=1S/C33H32ClFN8O2/c1-18-13-19(31(45)42-32(37)43-12-4-5-20(17-43)30(36)44)8-11-27(18)40-33-39-16-21-15-38-29(24-6-2-3-7-26(24)35)25-14-22(34)9-10-23(25)28(21)41-33/h2-3,6-11,14,16,18,20H,4-5,12-13,15,17H2,1H3,(H2,36,44)(H2,37,42,45)(H,39,40,41). The second-order valence-electron chi connectivity index (χ2n) is 11.4. The predicted octanol–water partition coefficient (Wildman–Crippen LogP) is 4.59. The number of fused-ring (bicyclic) bond motifs is 3. The molecule has 1 aliphatic carbocycles. The van der Waals surface area contributed by atoms with Crippen LogP contribution in [0.2, 0.25) is 5.02 Å². The molecular weight excluding hydrogens is 595 g/mol. The van der Waals surface area contributed by atoms with Gasteiger partial charge in [-0.2, -0.15) is 4.99 Å². The minimum Gasteiger partial charge on any atom is -0.369 e. The Kier molecular flexibility index (Phi) is 8.44. The normalized spacial score (nSPS) is 19.8. The summed E-state index contributed by atoms with van der Waals surface area (Å²) < 4.78 is 14.8. The molecule has 1 saturated heterocycles. The van der Waals surface area contributed by atoms with Gasteiger partial charge < -0.3 is 21.7 Å². The van der Waals surface area contributed by atoms with Gasteiger partial charge in [-0.3, -0.25) is 14.6 Å². The third kappa shape index (κ3) is 6.34. The molecule has 10 nitrogen and oxygen atoms in total. The third-order valence-corrected chi connectivity index (χ3v) is 8.54. The van der Waals surface area contributed by atoms with Crippen molar-refractivity contribution in [1.29, 1.82) is 0 Å². The molecule has 3 aromatic rings. The second-order valence-corrected chi connectivity index (χ2v) is 11.8. The Balaban J connectivity index is 1.23. The number of nitrogens with zero attached hydrogens (tertiary/aromatic N) is 5. The van der Waals surface area contributed by atoms with Gasteiger partial charge in [0, 0.05) is 63.8 Å². The minimum absolute atomic E-state index is 0.0656. The average molecular weight is 627 g/mol. The number of hydrogen-bond acceptors (Lipinski definition) is 6. The van der Waals surface area contributed by atoms with Gasteiger partial charge in [-0.25, -0.2) is 14.4 Å². The highest BCUT2D eigenvalue weighted by Gasteiger charge is 2.27. The fourth-order valence-corrected chi connectivity index (χ4v) is 6.02. The molecule has 0 saturated carbocycles. The maximum Gasteiger partial charge on any atom is 0.276 e. The number of hydrogen-bond donors (Lipinski definition) is 3. The molecule has 1 aromatic heterocycles. The molecule has 3 heterocycles. The number of carbonyl (C=O) groups is 2. The number of likely N-dealkylation sites (tertiary alicyclic amines) is 1. The molecule has 3 aliphatic rings. The van der Waals surface area contributed by atoms with Crippen molar-refractivity contribution in [2.75, 3.05) is 18.4 Å². The Morgan fingerprint density at radius 3 is 2.71 bits per heavy atom. The first kappa shape index (κ1) is 30.1. The SMILES string of the molecule is CC1CC(C(=O)N=C(N)N2CCCC(C(N)=O)C2)=CC=C1Nc1ncc2c(n1)-c1ccc(Cl)cc1C(c1ccccc1F)=NC2. The number of halogens is 2. The summed E-state index contributed by atoms with van der Waals surface area (Å²) in [6.45, 7) is 3.23. The van der Waals surface area contributed by atoms with Gasteiger partial charge in [0.05, 0.1) is 23.9 Å². The van der Waals surface area contributed by atoms with E-state index in [0.29, 0.717) is 65.0 Å². The number of amides is 2. The zero-order chi connectivity index (χ0) is 31.7. The van der Waals surface area contributed by atoms with Crippen molar-refractivity contribution in [2.24, 2.45) is 33.3 Å². The number of benzene rings is 2. The minimum atomic E-state index is -0.418. The average Bonchev–Trinajstić information content (AvgIpc) is 3.18. The molecule has 12 heteroatoms. The van der Waals surface area contributed by atoms with E-state index in [0.717, 1.165) is 23.2 Å². The molecule has 2 unspecified atom stereocenters. The number of nitrogens with one attached hydrogen (secondary N) is 1. The number of anilines is 1. The summed E-state index contributed by atoms with van der Waals surface area (Å²) in [4.78, 5) is 44.6. The van der Waals surface area contributed by atoms with Crippen molar-refractivity contribution in [3.05, 3.63) is 99.6 Å². The van der Waals surface area contributed by atoms with E-state index >= 15 is 0 Å². The number of allylic oxidation sites excluding steroid dienone is 3. The van der Waals surface area contributed by atoms with E-state index < -0.39 is 5.91 Å². The van der Waals surface area contributed by atoms with E-state index in [1.165, 1.54) is 6.07 Å². The Morgan fingerprint density at radius 1 is 1.11 bits per heavy atom. The van der Waals surface area contributed by atoms with Gasteiger partial charge in [0.15, 0.2) is 5.96 Å². The van der Waals surface area contributed by atoms with Gasteiger partial charge in [-0.1, -0.05) is 42.8 Å². The Morgan fingerprint density at radius 2 is 1.93 bits per heavy atom. The molecule has 5 N–H and O–H groups in total. The van der Waals surface area contributed by atoms with Crippen molar-refractivity contribution in [3.63, 3.8) is 0 Å². The number of guanidine groups is 1. The summed E-state index contributed by atoms with van der Waals surface area (Å²) in [7, 11) is 0. The molecular formula is C33H32ClFN8O2. The molecule has 1 fully saturated rings.